The molecular formula is C22H30Br2O3. The second-order valence-electron chi connectivity index (χ2n) is 5.38. The highest BCUT2D eigenvalue weighted by Crippen LogP contribution is 2.20. The molecule has 0 aliphatic rings. The molecule has 0 radical (unpaired) electrons. The van der Waals surface area contributed by atoms with Gasteiger partial charge in [-0.3, -0.25) is 4.79 Å². The first-order chi connectivity index (χ1) is 12.7. The van der Waals surface area contributed by atoms with Crippen LogP contribution in [0.5, 0.6) is 0 Å². The third-order valence-corrected chi connectivity index (χ3v) is 4.12. The molecule has 0 saturated carbocycles. The molecule has 0 aliphatic heterocycles. The highest BCUT2D eigenvalue weighted by atomic mass is 79.9. The van der Waals surface area contributed by atoms with Gasteiger partial charge < -0.3 is 10.2 Å². The van der Waals surface area contributed by atoms with E-state index in [4.69, 9.17) is 5.11 Å². The van der Waals surface area contributed by atoms with Crippen LogP contribution in [0.1, 0.15) is 65.9 Å². The molecule has 0 heterocycles. The second kappa shape index (κ2) is 16.6. The second-order valence-corrected chi connectivity index (χ2v) is 7.21. The SMILES string of the molecule is C=C(O)/C(CCC(=O)O)=C(\C)CCC.CC.CC#Cc1cc(Br)cc(Br)c1. The Hall–Kier alpha value is -1.51. The van der Waals surface area contributed by atoms with Crippen molar-refractivity contribution in [2.45, 2.75) is 60.3 Å². The number of aliphatic carboxylic acids is 1. The maximum absolute atomic E-state index is 10.4. The van der Waals surface area contributed by atoms with Crippen LogP contribution in [0.3, 0.4) is 0 Å². The van der Waals surface area contributed by atoms with Crippen molar-refractivity contribution in [1.82, 2.24) is 0 Å². The zero-order valence-corrected chi connectivity index (χ0v) is 20.0. The summed E-state index contributed by atoms with van der Waals surface area (Å²) >= 11 is 6.77. The van der Waals surface area contributed by atoms with Crippen LogP contribution in [0.2, 0.25) is 0 Å². The number of carboxylic acids is 1. The summed E-state index contributed by atoms with van der Waals surface area (Å²) in [4.78, 5) is 10.4. The number of allylic oxidation sites excluding steroid dienone is 2. The Morgan fingerprint density at radius 3 is 1.96 bits per heavy atom. The zero-order valence-electron chi connectivity index (χ0n) is 16.8. The number of rotatable bonds is 6. The molecular weight excluding hydrogens is 472 g/mol. The molecule has 2 N–H and O–H groups in total. The fourth-order valence-corrected chi connectivity index (χ4v) is 3.43. The summed E-state index contributed by atoms with van der Waals surface area (Å²) in [6.45, 7) is 13.2. The van der Waals surface area contributed by atoms with Gasteiger partial charge in [0.05, 0.1) is 0 Å². The molecule has 3 nitrogen and oxygen atoms in total. The van der Waals surface area contributed by atoms with E-state index in [1.807, 2.05) is 52.8 Å². The van der Waals surface area contributed by atoms with Crippen LogP contribution in [-0.4, -0.2) is 16.2 Å². The number of hydrogen-bond acceptors (Lipinski definition) is 2. The van der Waals surface area contributed by atoms with E-state index in [0.717, 1.165) is 32.9 Å². The number of benzene rings is 1. The van der Waals surface area contributed by atoms with Crippen LogP contribution in [0.15, 0.2) is 50.6 Å². The molecule has 150 valence electrons. The average Bonchev–Trinajstić information content (AvgIpc) is 2.56. The topological polar surface area (TPSA) is 57.5 Å². The molecule has 0 fully saturated rings. The Labute approximate surface area is 180 Å². The van der Waals surface area contributed by atoms with Crippen LogP contribution >= 0.6 is 31.9 Å². The minimum atomic E-state index is -0.854. The largest absolute Gasteiger partial charge is 0.508 e. The Morgan fingerprint density at radius 2 is 1.59 bits per heavy atom. The van der Waals surface area contributed by atoms with Crippen LogP contribution < -0.4 is 0 Å². The lowest BCUT2D eigenvalue weighted by molar-refractivity contribution is -0.136. The van der Waals surface area contributed by atoms with Gasteiger partial charge in [0.1, 0.15) is 5.76 Å². The average molecular weight is 502 g/mol. The smallest absolute Gasteiger partial charge is 0.303 e. The van der Waals surface area contributed by atoms with Crippen molar-refractivity contribution in [2.75, 3.05) is 0 Å². The quantitative estimate of drug-likeness (QED) is 0.239. The predicted octanol–water partition coefficient (Wildman–Crippen LogP) is 7.65. The van der Waals surface area contributed by atoms with Gasteiger partial charge in [-0.1, -0.05) is 77.1 Å². The number of hydrogen-bond donors (Lipinski definition) is 2. The molecule has 27 heavy (non-hydrogen) atoms. The van der Waals surface area contributed by atoms with E-state index >= 15 is 0 Å². The molecule has 1 aromatic carbocycles. The van der Waals surface area contributed by atoms with E-state index in [2.05, 4.69) is 50.3 Å². The molecule has 1 aromatic rings. The van der Waals surface area contributed by atoms with Gasteiger partial charge in [-0.2, -0.15) is 0 Å². The monoisotopic (exact) mass is 500 g/mol. The van der Waals surface area contributed by atoms with Gasteiger partial charge in [-0.05, 0) is 50.5 Å². The van der Waals surface area contributed by atoms with E-state index in [1.54, 1.807) is 0 Å². The van der Waals surface area contributed by atoms with Crippen molar-refractivity contribution in [2.24, 2.45) is 0 Å². The van der Waals surface area contributed by atoms with Crippen molar-refractivity contribution in [3.8, 4) is 11.8 Å². The minimum absolute atomic E-state index is 0.00259. The van der Waals surface area contributed by atoms with Gasteiger partial charge in [-0.25, -0.2) is 0 Å². The molecule has 5 heteroatoms. The molecule has 0 bridgehead atoms. The molecule has 1 rings (SSSR count). The van der Waals surface area contributed by atoms with Crippen molar-refractivity contribution in [3.05, 3.63) is 56.2 Å². The van der Waals surface area contributed by atoms with E-state index in [1.165, 1.54) is 0 Å². The summed E-state index contributed by atoms with van der Waals surface area (Å²) in [5, 5.41) is 17.8. The molecule has 0 amide bonds. The summed E-state index contributed by atoms with van der Waals surface area (Å²) in [6.07, 6.45) is 2.25. The van der Waals surface area contributed by atoms with E-state index < -0.39 is 5.97 Å². The number of aliphatic hydroxyl groups excluding tert-OH is 1. The first-order valence-corrected chi connectivity index (χ1v) is 10.5. The van der Waals surface area contributed by atoms with Gasteiger partial charge in [0.25, 0.3) is 0 Å². The Balaban J connectivity index is 0. The Morgan fingerprint density at radius 1 is 1.07 bits per heavy atom. The Bertz CT molecular complexity index is 675. The first-order valence-electron chi connectivity index (χ1n) is 8.88. The summed E-state index contributed by atoms with van der Waals surface area (Å²) in [5.41, 5.74) is 2.74. The van der Waals surface area contributed by atoms with Crippen LogP contribution in [0, 0.1) is 11.8 Å². The molecule has 0 saturated heterocycles. The summed E-state index contributed by atoms with van der Waals surface area (Å²) < 4.78 is 2.09. The number of carboxylic acid groups (broad SMARTS) is 1. The van der Waals surface area contributed by atoms with Crippen LogP contribution in [-0.2, 0) is 4.79 Å². The van der Waals surface area contributed by atoms with E-state index in [0.29, 0.717) is 12.0 Å². The van der Waals surface area contributed by atoms with E-state index in [9.17, 15) is 9.90 Å². The maximum atomic E-state index is 10.4. The molecule has 0 atom stereocenters. The van der Waals surface area contributed by atoms with Crippen molar-refractivity contribution in [1.29, 1.82) is 0 Å². The molecule has 0 aromatic heterocycles. The normalized spacial score (nSPS) is 10.0. The van der Waals surface area contributed by atoms with Crippen molar-refractivity contribution >= 4 is 37.8 Å². The highest BCUT2D eigenvalue weighted by molar-refractivity contribution is 9.11. The molecule has 0 unspecified atom stereocenters. The van der Waals surface area contributed by atoms with Crippen LogP contribution in [0.25, 0.3) is 0 Å². The van der Waals surface area contributed by atoms with Crippen molar-refractivity contribution < 1.29 is 15.0 Å². The fourth-order valence-electron chi connectivity index (χ4n) is 2.13. The predicted molar refractivity (Wildman–Crippen MR) is 122 cm³/mol. The van der Waals surface area contributed by atoms with Crippen molar-refractivity contribution in [3.63, 3.8) is 0 Å². The third-order valence-electron chi connectivity index (χ3n) is 3.21. The van der Waals surface area contributed by atoms with Gasteiger partial charge in [0, 0.05) is 20.9 Å². The number of halogens is 2. The lowest BCUT2D eigenvalue weighted by Gasteiger charge is -2.09. The number of carbonyl (C=O) groups is 1. The summed E-state index contributed by atoms with van der Waals surface area (Å²) in [6, 6.07) is 5.96. The van der Waals surface area contributed by atoms with Gasteiger partial charge >= 0.3 is 5.97 Å². The lowest BCUT2D eigenvalue weighted by atomic mass is 10.00. The first kappa shape index (κ1) is 27.7. The van der Waals surface area contributed by atoms with Gasteiger partial charge in [0.2, 0.25) is 0 Å². The lowest BCUT2D eigenvalue weighted by Crippen LogP contribution is -1.99. The third kappa shape index (κ3) is 14.2. The fraction of sp³-hybridized carbons (Fsp3) is 0.409. The molecule has 0 spiro atoms. The summed E-state index contributed by atoms with van der Waals surface area (Å²) in [5.74, 6) is 4.97. The number of aliphatic hydroxyl groups is 1. The van der Waals surface area contributed by atoms with E-state index in [-0.39, 0.29) is 12.2 Å². The molecule has 0 aliphatic carbocycles. The Kier molecular flexibility index (Phi) is 17.1. The highest BCUT2D eigenvalue weighted by Gasteiger charge is 2.08. The minimum Gasteiger partial charge on any atom is -0.508 e. The van der Waals surface area contributed by atoms with Gasteiger partial charge in [0.15, 0.2) is 0 Å². The standard InChI is InChI=1S/C11H18O3.C9H6Br2.C2H6/c1-4-5-8(2)10(9(3)12)6-7-11(13)14;1-2-3-7-4-8(10)6-9(11)5-7;1-2/h12H,3-7H2,1-2H3,(H,13,14);4-6H,1H3;1-2H3/b10-8+;;. The summed E-state index contributed by atoms with van der Waals surface area (Å²) in [7, 11) is 0. The zero-order chi connectivity index (χ0) is 21.4. The maximum Gasteiger partial charge on any atom is 0.303 e. The van der Waals surface area contributed by atoms with Crippen LogP contribution in [0.4, 0.5) is 0 Å². The van der Waals surface area contributed by atoms with Gasteiger partial charge in [-0.15, -0.1) is 5.92 Å².